The number of Topliss-reactive ketones (excluding diaryl/α,β-unsaturated/α-hetero) is 3. The Morgan fingerprint density at radius 2 is 1.11 bits per heavy atom. The lowest BCUT2D eigenvalue weighted by atomic mass is 10.2. The number of rotatable bonds is 6. The monoisotopic (exact) mass is 261 g/mol. The van der Waals surface area contributed by atoms with Crippen LogP contribution in [0.5, 0.6) is 0 Å². The number of likely N-dealkylation sites (N-methyl/N-ethyl adjacent to an activating group) is 1. The van der Waals surface area contributed by atoms with Gasteiger partial charge in [-0.05, 0) is 41.9 Å². The topological polar surface area (TPSA) is 87.3 Å². The zero-order valence-electron chi connectivity index (χ0n) is 12.3. The molecule has 0 saturated heterocycles. The van der Waals surface area contributed by atoms with Crippen molar-refractivity contribution in [2.45, 2.75) is 27.2 Å². The van der Waals surface area contributed by atoms with Crippen molar-refractivity contribution in [3.05, 3.63) is 0 Å². The summed E-state index contributed by atoms with van der Waals surface area (Å²) in [6, 6.07) is 0. The van der Waals surface area contributed by atoms with E-state index in [1.807, 2.05) is 14.1 Å². The molecular formula is C12H27N3O3. The molecule has 0 aromatic rings. The van der Waals surface area contributed by atoms with E-state index in [1.54, 1.807) is 14.0 Å². The average Bonchev–Trinajstić information content (AvgIpc) is 2.17. The second-order valence-corrected chi connectivity index (χ2v) is 3.70. The lowest BCUT2D eigenvalue weighted by molar-refractivity contribution is -0.124. The van der Waals surface area contributed by atoms with E-state index in [4.69, 9.17) is 0 Å². The van der Waals surface area contributed by atoms with Crippen molar-refractivity contribution in [1.29, 1.82) is 0 Å². The molecule has 0 saturated carbocycles. The Kier molecular flexibility index (Phi) is 22.4. The Hall–Kier alpha value is -1.11. The highest BCUT2D eigenvalue weighted by molar-refractivity contribution is 5.96. The first-order valence-corrected chi connectivity index (χ1v) is 5.73. The summed E-state index contributed by atoms with van der Waals surface area (Å²) < 4.78 is 0. The third-order valence-electron chi connectivity index (χ3n) is 1.28. The minimum absolute atomic E-state index is 0.0625. The van der Waals surface area contributed by atoms with Gasteiger partial charge in [0.05, 0.1) is 13.0 Å². The predicted molar refractivity (Wildman–Crippen MR) is 73.6 cm³/mol. The largest absolute Gasteiger partial charge is 0.313 e. The molecule has 0 aromatic carbocycles. The molecule has 18 heavy (non-hydrogen) atoms. The quantitative estimate of drug-likeness (QED) is 0.451. The van der Waals surface area contributed by atoms with Gasteiger partial charge in [0.1, 0.15) is 17.3 Å². The molecule has 0 fully saturated rings. The minimum atomic E-state index is -0.0625. The van der Waals surface area contributed by atoms with Crippen molar-refractivity contribution in [2.24, 2.45) is 0 Å². The highest BCUT2D eigenvalue weighted by Crippen LogP contribution is 1.80. The maximum Gasteiger partial charge on any atom is 0.143 e. The maximum atomic E-state index is 10.0. The van der Waals surface area contributed by atoms with Crippen molar-refractivity contribution in [2.75, 3.05) is 34.4 Å². The van der Waals surface area contributed by atoms with Crippen LogP contribution in [0.4, 0.5) is 0 Å². The smallest absolute Gasteiger partial charge is 0.143 e. The summed E-state index contributed by atoms with van der Waals surface area (Å²) in [5.74, 6) is 0.0532. The van der Waals surface area contributed by atoms with Crippen LogP contribution < -0.4 is 16.0 Å². The number of ketones is 3. The molecule has 0 atom stereocenters. The van der Waals surface area contributed by atoms with Gasteiger partial charge in [0, 0.05) is 6.67 Å². The van der Waals surface area contributed by atoms with E-state index in [9.17, 15) is 14.4 Å². The number of carbonyl (C=O) groups is 3. The van der Waals surface area contributed by atoms with Gasteiger partial charge in [0.25, 0.3) is 0 Å². The van der Waals surface area contributed by atoms with Gasteiger partial charge in [-0.2, -0.15) is 0 Å². The van der Waals surface area contributed by atoms with Crippen molar-refractivity contribution >= 4 is 17.3 Å². The van der Waals surface area contributed by atoms with E-state index in [0.29, 0.717) is 6.54 Å². The molecule has 0 bridgehead atoms. The highest BCUT2D eigenvalue weighted by atomic mass is 16.1. The van der Waals surface area contributed by atoms with Crippen molar-refractivity contribution < 1.29 is 14.4 Å². The summed E-state index contributed by atoms with van der Waals surface area (Å²) in [6.45, 7) is 5.74. The van der Waals surface area contributed by atoms with Crippen LogP contribution in [-0.4, -0.2) is 51.7 Å². The minimum Gasteiger partial charge on any atom is -0.313 e. The van der Waals surface area contributed by atoms with Crippen molar-refractivity contribution in [1.82, 2.24) is 16.0 Å². The molecule has 0 spiro atoms. The van der Waals surface area contributed by atoms with E-state index in [-0.39, 0.29) is 23.8 Å². The summed E-state index contributed by atoms with van der Waals surface area (Å²) in [7, 11) is 5.55. The fourth-order valence-corrected chi connectivity index (χ4v) is 0.776. The number of carbonyl (C=O) groups excluding carboxylic acids is 3. The molecule has 6 nitrogen and oxygen atoms in total. The molecule has 0 aromatic heterocycles. The Labute approximate surface area is 110 Å². The first kappa shape index (κ1) is 22.1. The average molecular weight is 261 g/mol. The van der Waals surface area contributed by atoms with Crippen LogP contribution in [0.25, 0.3) is 0 Å². The molecule has 0 heterocycles. The van der Waals surface area contributed by atoms with Gasteiger partial charge >= 0.3 is 0 Å². The molecule has 0 amide bonds. The summed E-state index contributed by atoms with van der Waals surface area (Å²) in [5, 5.41) is 8.53. The van der Waals surface area contributed by atoms with Gasteiger partial charge in [-0.25, -0.2) is 0 Å². The number of hydrogen-bond acceptors (Lipinski definition) is 6. The van der Waals surface area contributed by atoms with E-state index < -0.39 is 0 Å². The van der Waals surface area contributed by atoms with Gasteiger partial charge in [0.15, 0.2) is 0 Å². The first-order chi connectivity index (χ1) is 8.31. The third kappa shape index (κ3) is 46.1. The molecule has 0 aliphatic heterocycles. The van der Waals surface area contributed by atoms with Gasteiger partial charge in [0.2, 0.25) is 0 Å². The molecule has 108 valence electrons. The van der Waals surface area contributed by atoms with Gasteiger partial charge in [-0.1, -0.05) is 0 Å². The molecule has 0 aliphatic rings. The SMILES string of the molecule is CC(=O)CC(C)=O.CNCC(C)=O.CNCNC. The second kappa shape index (κ2) is 18.3. The van der Waals surface area contributed by atoms with Crippen LogP contribution in [0.15, 0.2) is 0 Å². The fourth-order valence-electron chi connectivity index (χ4n) is 0.776. The molecule has 6 heteroatoms. The van der Waals surface area contributed by atoms with E-state index in [2.05, 4.69) is 16.0 Å². The Morgan fingerprint density at radius 1 is 0.722 bits per heavy atom. The fraction of sp³-hybridized carbons (Fsp3) is 0.750. The molecule has 0 rings (SSSR count). The standard InChI is InChI=1S/C5H8O2.C4H9NO.C3H10N2/c1-4(6)3-5(2)7;1-4(6)3-5-2;1-4-3-5-2/h3H2,1-2H3;5H,3H2,1-2H3;4-5H,3H2,1-2H3. The van der Waals surface area contributed by atoms with Crippen LogP contribution in [-0.2, 0) is 14.4 Å². The molecular weight excluding hydrogens is 234 g/mol. The van der Waals surface area contributed by atoms with Crippen LogP contribution in [0.1, 0.15) is 27.2 Å². The van der Waals surface area contributed by atoms with Crippen LogP contribution in [0.2, 0.25) is 0 Å². The summed E-state index contributed by atoms with van der Waals surface area (Å²) >= 11 is 0. The van der Waals surface area contributed by atoms with Gasteiger partial charge in [-0.3, -0.25) is 14.4 Å². The number of nitrogens with one attached hydrogen (secondary N) is 3. The number of hydrogen-bond donors (Lipinski definition) is 3. The molecule has 0 radical (unpaired) electrons. The van der Waals surface area contributed by atoms with Gasteiger partial charge < -0.3 is 16.0 Å². The maximum absolute atomic E-state index is 10.0. The summed E-state index contributed by atoms with van der Waals surface area (Å²) in [5.41, 5.74) is 0. The van der Waals surface area contributed by atoms with E-state index >= 15 is 0 Å². The zero-order valence-corrected chi connectivity index (χ0v) is 12.3. The van der Waals surface area contributed by atoms with E-state index in [1.165, 1.54) is 13.8 Å². The van der Waals surface area contributed by atoms with Crippen LogP contribution in [0.3, 0.4) is 0 Å². The lowest BCUT2D eigenvalue weighted by Crippen LogP contribution is -2.21. The van der Waals surface area contributed by atoms with Crippen molar-refractivity contribution in [3.8, 4) is 0 Å². The molecule has 0 aliphatic carbocycles. The van der Waals surface area contributed by atoms with Crippen LogP contribution >= 0.6 is 0 Å². The summed E-state index contributed by atoms with van der Waals surface area (Å²) in [6.07, 6.45) is 0.0833. The Morgan fingerprint density at radius 3 is 1.11 bits per heavy atom. The first-order valence-electron chi connectivity index (χ1n) is 5.73. The molecule has 3 N–H and O–H groups in total. The van der Waals surface area contributed by atoms with Gasteiger partial charge in [-0.15, -0.1) is 0 Å². The Balaban J connectivity index is -0.000000190. The highest BCUT2D eigenvalue weighted by Gasteiger charge is 1.94. The van der Waals surface area contributed by atoms with E-state index in [0.717, 1.165) is 6.67 Å². The third-order valence-corrected chi connectivity index (χ3v) is 1.28. The lowest BCUT2D eigenvalue weighted by Gasteiger charge is -1.88. The van der Waals surface area contributed by atoms with Crippen molar-refractivity contribution in [3.63, 3.8) is 0 Å². The molecule has 0 unspecified atom stereocenters. The predicted octanol–water partition coefficient (Wildman–Crippen LogP) is -0.268. The second-order valence-electron chi connectivity index (χ2n) is 3.70. The Bertz CT molecular complexity index is 217. The normalized spacial score (nSPS) is 8.33. The summed E-state index contributed by atoms with van der Waals surface area (Å²) in [4.78, 5) is 30.0. The zero-order chi connectivity index (χ0) is 15.0. The van der Waals surface area contributed by atoms with Crippen LogP contribution in [0, 0.1) is 0 Å².